The molecular weight excluding hydrogens is 400 g/mol. The van der Waals surface area contributed by atoms with Crippen LogP contribution in [-0.4, -0.2) is 33.6 Å². The zero-order valence-electron chi connectivity index (χ0n) is 18.2. The second-order valence-electron chi connectivity index (χ2n) is 8.03. The first-order valence-corrected chi connectivity index (χ1v) is 10.6. The van der Waals surface area contributed by atoms with Crippen molar-refractivity contribution in [1.29, 1.82) is 0 Å². The Bertz CT molecular complexity index is 1390. The molecule has 0 saturated carbocycles. The lowest BCUT2D eigenvalue weighted by Crippen LogP contribution is -2.27. The van der Waals surface area contributed by atoms with Crippen molar-refractivity contribution in [3.63, 3.8) is 0 Å². The van der Waals surface area contributed by atoms with Gasteiger partial charge in [-0.2, -0.15) is 4.98 Å². The molecule has 0 fully saturated rings. The Balaban J connectivity index is 1.44. The number of H-pyrrole nitrogens is 2. The van der Waals surface area contributed by atoms with Crippen molar-refractivity contribution in [1.82, 2.24) is 19.9 Å². The summed E-state index contributed by atoms with van der Waals surface area (Å²) in [7, 11) is 1.70. The summed E-state index contributed by atoms with van der Waals surface area (Å²) in [6.07, 6.45) is 6.58. The number of nitrogen functional groups attached to an aromatic ring is 1. The zero-order chi connectivity index (χ0) is 22.1. The van der Waals surface area contributed by atoms with Crippen molar-refractivity contribution in [2.75, 3.05) is 24.3 Å². The van der Waals surface area contributed by atoms with E-state index in [1.54, 1.807) is 19.4 Å². The first kappa shape index (κ1) is 19.9. The van der Waals surface area contributed by atoms with Crippen LogP contribution in [0.1, 0.15) is 16.7 Å². The van der Waals surface area contributed by atoms with Crippen LogP contribution in [0.25, 0.3) is 21.8 Å². The van der Waals surface area contributed by atoms with E-state index in [-0.39, 0.29) is 0 Å². The van der Waals surface area contributed by atoms with Gasteiger partial charge in [0.15, 0.2) is 0 Å². The highest BCUT2D eigenvalue weighted by Crippen LogP contribution is 2.28. The topological polar surface area (TPSA) is 95.8 Å². The van der Waals surface area contributed by atoms with E-state index in [4.69, 9.17) is 10.5 Å². The van der Waals surface area contributed by atoms with E-state index >= 15 is 0 Å². The number of ether oxygens (including phenoxy) is 1. The van der Waals surface area contributed by atoms with Gasteiger partial charge in [0, 0.05) is 48.1 Å². The molecule has 32 heavy (non-hydrogen) atoms. The molecule has 0 spiro atoms. The van der Waals surface area contributed by atoms with Gasteiger partial charge >= 0.3 is 0 Å². The van der Waals surface area contributed by atoms with Crippen molar-refractivity contribution in [2.45, 2.75) is 19.9 Å². The van der Waals surface area contributed by atoms with E-state index < -0.39 is 0 Å². The van der Waals surface area contributed by atoms with Gasteiger partial charge < -0.3 is 25.3 Å². The van der Waals surface area contributed by atoms with Crippen molar-refractivity contribution in [3.8, 4) is 5.75 Å². The summed E-state index contributed by atoms with van der Waals surface area (Å²) in [5, 5.41) is 2.37. The van der Waals surface area contributed by atoms with Crippen LogP contribution in [0, 0.1) is 6.92 Å². The van der Waals surface area contributed by atoms with Gasteiger partial charge in [-0.15, -0.1) is 0 Å². The van der Waals surface area contributed by atoms with Gasteiger partial charge in [0.2, 0.25) is 5.95 Å². The third-order valence-corrected chi connectivity index (χ3v) is 5.87. The molecule has 0 amide bonds. The maximum absolute atomic E-state index is 5.96. The number of methoxy groups -OCH3 is 1. The number of anilines is 2. The third-order valence-electron chi connectivity index (χ3n) is 5.87. The average molecular weight is 427 g/mol. The molecule has 7 nitrogen and oxygen atoms in total. The minimum atomic E-state index is 0.466. The quantitative estimate of drug-likeness (QED) is 0.354. The van der Waals surface area contributed by atoms with Crippen LogP contribution < -0.4 is 15.4 Å². The minimum Gasteiger partial charge on any atom is -0.497 e. The molecule has 0 radical (unpaired) electrons. The Morgan fingerprint density at radius 1 is 1.09 bits per heavy atom. The van der Waals surface area contributed by atoms with Crippen LogP contribution in [0.5, 0.6) is 5.75 Å². The summed E-state index contributed by atoms with van der Waals surface area (Å²) in [6, 6.07) is 14.4. The van der Waals surface area contributed by atoms with Gasteiger partial charge in [0.25, 0.3) is 0 Å². The Morgan fingerprint density at radius 2 is 2.00 bits per heavy atom. The maximum Gasteiger partial charge on any atom is 0.227 e. The molecule has 0 unspecified atom stereocenters. The van der Waals surface area contributed by atoms with Crippen molar-refractivity contribution in [3.05, 3.63) is 77.7 Å². The molecule has 0 aliphatic carbocycles. The molecule has 2 aromatic carbocycles. The summed E-state index contributed by atoms with van der Waals surface area (Å²) >= 11 is 0. The number of aromatic nitrogens is 4. The molecule has 3 aromatic heterocycles. The number of rotatable bonds is 7. The maximum atomic E-state index is 5.96. The first-order valence-electron chi connectivity index (χ1n) is 10.6. The van der Waals surface area contributed by atoms with Gasteiger partial charge in [-0.05, 0) is 71.8 Å². The molecule has 3 heterocycles. The first-order chi connectivity index (χ1) is 15.6. The molecule has 0 saturated heterocycles. The van der Waals surface area contributed by atoms with Crippen LogP contribution in [0.15, 0.2) is 61.1 Å². The number of aromatic amines is 2. The summed E-state index contributed by atoms with van der Waals surface area (Å²) in [6.45, 7) is 3.53. The second-order valence-corrected chi connectivity index (χ2v) is 8.03. The van der Waals surface area contributed by atoms with E-state index in [9.17, 15) is 0 Å². The highest BCUT2D eigenvalue weighted by Gasteiger charge is 2.14. The fraction of sp³-hybridized carbons (Fsp3) is 0.200. The van der Waals surface area contributed by atoms with Crippen LogP contribution in [0.2, 0.25) is 0 Å². The fourth-order valence-electron chi connectivity index (χ4n) is 4.20. The number of hydrogen-bond donors (Lipinski definition) is 3. The molecule has 5 rings (SSSR count). The number of hydrogen-bond acceptors (Lipinski definition) is 5. The molecule has 7 heteroatoms. The monoisotopic (exact) mass is 426 g/mol. The lowest BCUT2D eigenvalue weighted by molar-refractivity contribution is 0.415. The predicted octanol–water partition coefficient (Wildman–Crippen LogP) is 4.59. The van der Waals surface area contributed by atoms with Crippen LogP contribution in [-0.2, 0) is 13.0 Å². The van der Waals surface area contributed by atoms with E-state index in [2.05, 4.69) is 68.3 Å². The molecule has 0 aliphatic heterocycles. The standard InChI is InChI=1S/C25H26N6O/c1-16-11-20(32-2)13-21-19(14-29-24(16)21)7-10-31(25-28-9-6-23(26)30-25)15-17-3-4-22-18(12-17)5-8-27-22/h3-6,8-9,11-14,27,29H,7,10,15H2,1-2H3,(H2,26,28,30). The zero-order valence-corrected chi connectivity index (χ0v) is 18.2. The summed E-state index contributed by atoms with van der Waals surface area (Å²) in [5.74, 6) is 1.97. The number of aryl methyl sites for hydroxylation is 1. The van der Waals surface area contributed by atoms with Crippen molar-refractivity contribution < 1.29 is 4.74 Å². The SMILES string of the molecule is COc1cc(C)c2[nH]cc(CCN(Cc3ccc4[nH]ccc4c3)c3nccc(N)n3)c2c1. The fourth-order valence-corrected chi connectivity index (χ4v) is 4.20. The van der Waals surface area contributed by atoms with Gasteiger partial charge in [0.1, 0.15) is 11.6 Å². The Kier molecular flexibility index (Phi) is 5.15. The predicted molar refractivity (Wildman–Crippen MR) is 129 cm³/mol. The number of benzene rings is 2. The highest BCUT2D eigenvalue weighted by molar-refractivity contribution is 5.87. The molecular formula is C25H26N6O. The number of fused-ring (bicyclic) bond motifs is 2. The number of nitrogens with two attached hydrogens (primary N) is 1. The molecule has 162 valence electrons. The van der Waals surface area contributed by atoms with Gasteiger partial charge in [0.05, 0.1) is 7.11 Å². The second kappa shape index (κ2) is 8.26. The molecule has 0 aliphatic rings. The van der Waals surface area contributed by atoms with Crippen molar-refractivity contribution in [2.24, 2.45) is 0 Å². The summed E-state index contributed by atoms with van der Waals surface area (Å²) < 4.78 is 5.48. The molecule has 4 N–H and O–H groups in total. The molecule has 0 atom stereocenters. The average Bonchev–Trinajstić information content (AvgIpc) is 3.43. The van der Waals surface area contributed by atoms with E-state index in [1.807, 2.05) is 12.3 Å². The van der Waals surface area contributed by atoms with Crippen molar-refractivity contribution >= 4 is 33.6 Å². The molecule has 0 bridgehead atoms. The van der Waals surface area contributed by atoms with Gasteiger partial charge in [-0.1, -0.05) is 6.07 Å². The Morgan fingerprint density at radius 3 is 2.84 bits per heavy atom. The summed E-state index contributed by atoms with van der Waals surface area (Å²) in [4.78, 5) is 17.8. The third kappa shape index (κ3) is 3.85. The minimum absolute atomic E-state index is 0.466. The lowest BCUT2D eigenvalue weighted by Gasteiger charge is -2.23. The summed E-state index contributed by atoms with van der Waals surface area (Å²) in [5.41, 5.74) is 11.8. The lowest BCUT2D eigenvalue weighted by atomic mass is 10.1. The van der Waals surface area contributed by atoms with E-state index in [0.717, 1.165) is 29.7 Å². The van der Waals surface area contributed by atoms with E-state index in [1.165, 1.54) is 27.5 Å². The van der Waals surface area contributed by atoms with Crippen LogP contribution >= 0.6 is 0 Å². The van der Waals surface area contributed by atoms with E-state index in [0.29, 0.717) is 18.3 Å². The number of nitrogens with zero attached hydrogens (tertiary/aromatic N) is 3. The van der Waals surface area contributed by atoms with Gasteiger partial charge in [-0.25, -0.2) is 4.98 Å². The molecule has 5 aromatic rings. The Labute approximate surface area is 186 Å². The Hall–Kier alpha value is -4.00. The van der Waals surface area contributed by atoms with Gasteiger partial charge in [-0.3, -0.25) is 0 Å². The van der Waals surface area contributed by atoms with Crippen LogP contribution in [0.4, 0.5) is 11.8 Å². The largest absolute Gasteiger partial charge is 0.497 e. The van der Waals surface area contributed by atoms with Crippen LogP contribution in [0.3, 0.4) is 0 Å². The normalized spacial score (nSPS) is 11.3. The number of nitrogens with one attached hydrogen (secondary N) is 2. The highest BCUT2D eigenvalue weighted by atomic mass is 16.5. The smallest absolute Gasteiger partial charge is 0.227 e.